The summed E-state index contributed by atoms with van der Waals surface area (Å²) in [6, 6.07) is 6.76. The van der Waals surface area contributed by atoms with Gasteiger partial charge in [-0.2, -0.15) is 20.4 Å². The van der Waals surface area contributed by atoms with Gasteiger partial charge < -0.3 is 15.3 Å². The van der Waals surface area contributed by atoms with Crippen LogP contribution in [0.2, 0.25) is 0 Å². The maximum Gasteiger partial charge on any atom is 0.336 e. The molecule has 6 aliphatic rings. The lowest BCUT2D eigenvalue weighted by Gasteiger charge is -2.24. The Bertz CT molecular complexity index is 2350. The Labute approximate surface area is 374 Å². The number of hydrazone groups is 4. The molecule has 8 rings (SSSR count). The minimum Gasteiger partial charge on any atom is -0.481 e. The summed E-state index contributed by atoms with van der Waals surface area (Å²) in [5.41, 5.74) is 14.3. The molecule has 0 amide bonds. The van der Waals surface area contributed by atoms with Crippen LogP contribution in [0.4, 0.5) is 0 Å². The molecule has 2 aromatic rings. The number of nitrogens with zero attached hydrogens (tertiary/aromatic N) is 4. The summed E-state index contributed by atoms with van der Waals surface area (Å²) in [5, 5.41) is 42.7. The lowest BCUT2D eigenvalue weighted by Crippen LogP contribution is -2.32. The molecule has 61 heavy (non-hydrogen) atoms. The van der Waals surface area contributed by atoms with E-state index in [9.17, 15) is 29.1 Å². The third-order valence-electron chi connectivity index (χ3n) is 9.43. The summed E-state index contributed by atoms with van der Waals surface area (Å²) in [6.45, 7) is 6.42. The molecule has 1 aromatic carbocycles. The van der Waals surface area contributed by atoms with Crippen molar-refractivity contribution < 1.29 is 29.7 Å². The van der Waals surface area contributed by atoms with Gasteiger partial charge in [0.1, 0.15) is 20.0 Å². The molecule has 10 N–H and O–H groups in total. The Kier molecular flexibility index (Phi) is 17.2. The molecule has 0 saturated heterocycles. The van der Waals surface area contributed by atoms with Crippen molar-refractivity contribution in [2.45, 2.75) is 65.7 Å². The summed E-state index contributed by atoms with van der Waals surface area (Å²) >= 11 is 24.2. The Morgan fingerprint density at radius 3 is 1.77 bits per heavy atom. The second kappa shape index (κ2) is 21.8. The number of aliphatic carboxylic acids is 2. The van der Waals surface area contributed by atoms with Crippen LogP contribution >= 0.6 is 61.1 Å². The topological polar surface area (TPSA) is 291 Å². The van der Waals surface area contributed by atoms with Crippen LogP contribution in [0.1, 0.15) is 81.6 Å². The third-order valence-corrected chi connectivity index (χ3v) is 10.6. The molecule has 19 nitrogen and oxygen atoms in total. The number of allylic oxidation sites excluding steroid dienone is 2. The monoisotopic (exact) mass is 929 g/mol. The zero-order chi connectivity index (χ0) is 45.0. The average Bonchev–Trinajstić information content (AvgIpc) is 4.04. The Balaban J connectivity index is 0.000000171. The second-order valence-electron chi connectivity index (χ2n) is 14.9. The molecule has 0 spiro atoms. The number of carboxylic acid groups (broad SMARTS) is 3. The standard InChI is InChI=1S/C11H12N2O2S.C10H8N2O2S.C7H12N2S.C6H8N2O2S.C3H3N3O2S/c14-11(15)10-6-2-1-5(3-6)9(10)7-4-8(16)13-12-7;13-10(14)7-4-2-1-3-6(7)8-5-9(15)12-11-8;1-7(2,3)5-4-6(10)9-8-5;9-6(10)2-1-4-3-5(11)8-7-4;7-1-4-2(8)6-3(9)5-1/h1-2,5-6,9-10H,3-4H2,(H,13,16)(H,14,15);1-4H,5H2,(H,12,15)(H,13,14);4H2,1-3H3,(H,9,10);1-3H2,(H,8,11)(H,9,10);(H3,4,5,6,7,8,9). The van der Waals surface area contributed by atoms with Crippen LogP contribution in [0.5, 0.6) is 0 Å². The number of aromatic carboxylic acids is 1. The van der Waals surface area contributed by atoms with Crippen molar-refractivity contribution in [1.29, 1.82) is 0 Å². The Hall–Kier alpha value is -5.56. The Morgan fingerprint density at radius 2 is 1.30 bits per heavy atom. The van der Waals surface area contributed by atoms with Gasteiger partial charge in [-0.1, -0.05) is 100.0 Å². The van der Waals surface area contributed by atoms with E-state index in [-0.39, 0.29) is 39.9 Å². The molecule has 324 valence electrons. The second-order valence-corrected chi connectivity index (χ2v) is 17.3. The number of carbonyl (C=O) groups is 3. The quantitative estimate of drug-likeness (QED) is 0.139. The van der Waals surface area contributed by atoms with Crippen LogP contribution in [-0.4, -0.2) is 91.0 Å². The number of benzene rings is 1. The minimum absolute atomic E-state index is 0.0313. The molecule has 1 aromatic heterocycles. The Morgan fingerprint density at radius 1 is 0.721 bits per heavy atom. The highest BCUT2D eigenvalue weighted by Crippen LogP contribution is 2.49. The molecule has 24 heteroatoms. The maximum absolute atomic E-state index is 11.3. The van der Waals surface area contributed by atoms with Gasteiger partial charge in [0.15, 0.2) is 4.77 Å². The van der Waals surface area contributed by atoms with Gasteiger partial charge in [-0.25, -0.2) is 14.4 Å². The number of aromatic nitrogens is 3. The average molecular weight is 930 g/mol. The van der Waals surface area contributed by atoms with Crippen molar-refractivity contribution in [1.82, 2.24) is 36.7 Å². The molecule has 0 radical (unpaired) electrons. The summed E-state index contributed by atoms with van der Waals surface area (Å²) in [7, 11) is 0. The van der Waals surface area contributed by atoms with Crippen LogP contribution in [0.15, 0.2) is 66.4 Å². The lowest BCUT2D eigenvalue weighted by atomic mass is 9.79. The van der Waals surface area contributed by atoms with Gasteiger partial charge >= 0.3 is 29.3 Å². The van der Waals surface area contributed by atoms with Gasteiger partial charge in [0.2, 0.25) is 0 Å². The highest BCUT2D eigenvalue weighted by Gasteiger charge is 2.51. The van der Waals surface area contributed by atoms with E-state index in [1.54, 1.807) is 24.3 Å². The van der Waals surface area contributed by atoms with Crippen LogP contribution in [0.3, 0.4) is 0 Å². The summed E-state index contributed by atoms with van der Waals surface area (Å²) < 4.78 is 0.0313. The maximum atomic E-state index is 11.3. The van der Waals surface area contributed by atoms with E-state index in [4.69, 9.17) is 59.1 Å². The van der Waals surface area contributed by atoms with Crippen LogP contribution in [0, 0.1) is 33.9 Å². The van der Waals surface area contributed by atoms with E-state index >= 15 is 0 Å². The van der Waals surface area contributed by atoms with Crippen LogP contribution in [0.25, 0.3) is 0 Å². The summed E-state index contributed by atoms with van der Waals surface area (Å²) in [6.07, 6.45) is 8.32. The fraction of sp³-hybridized carbons (Fsp3) is 0.405. The van der Waals surface area contributed by atoms with Crippen molar-refractivity contribution in [2.75, 3.05) is 0 Å². The molecule has 2 aliphatic carbocycles. The van der Waals surface area contributed by atoms with Crippen LogP contribution in [-0.2, 0) is 9.59 Å². The van der Waals surface area contributed by atoms with Crippen molar-refractivity contribution in [3.63, 3.8) is 0 Å². The lowest BCUT2D eigenvalue weighted by molar-refractivity contribution is -0.143. The first kappa shape index (κ1) is 48.1. The summed E-state index contributed by atoms with van der Waals surface area (Å²) in [4.78, 5) is 62.1. The number of thiocarbonyl (C=S) groups is 4. The van der Waals surface area contributed by atoms with Gasteiger partial charge in [0.05, 0.1) is 29.3 Å². The molecule has 1 fully saturated rings. The van der Waals surface area contributed by atoms with Gasteiger partial charge in [-0.05, 0) is 43.0 Å². The van der Waals surface area contributed by atoms with E-state index in [1.165, 1.54) is 0 Å². The number of H-pyrrole nitrogens is 3. The number of nitrogens with one attached hydrogen (secondary N) is 7. The zero-order valence-electron chi connectivity index (χ0n) is 32.9. The normalized spacial score (nSPS) is 21.4. The molecule has 4 unspecified atom stereocenters. The highest BCUT2D eigenvalue weighted by atomic mass is 32.1. The van der Waals surface area contributed by atoms with Crippen molar-refractivity contribution >= 4 is 122 Å². The smallest absolute Gasteiger partial charge is 0.336 e. The number of hydrogen-bond donors (Lipinski definition) is 10. The molecule has 1 saturated carbocycles. The van der Waals surface area contributed by atoms with Crippen molar-refractivity contribution in [3.8, 4) is 0 Å². The molecule has 5 heterocycles. The first-order valence-electron chi connectivity index (χ1n) is 18.5. The van der Waals surface area contributed by atoms with E-state index in [0.717, 1.165) is 35.0 Å². The predicted octanol–water partition coefficient (Wildman–Crippen LogP) is 3.95. The fourth-order valence-electron chi connectivity index (χ4n) is 6.62. The number of aromatic amines is 3. The molecule has 4 atom stereocenters. The summed E-state index contributed by atoms with van der Waals surface area (Å²) in [5.74, 6) is -2.20. The van der Waals surface area contributed by atoms with Gasteiger partial charge in [0.25, 0.3) is 0 Å². The van der Waals surface area contributed by atoms with E-state index in [0.29, 0.717) is 57.8 Å². The number of fused-ring (bicyclic) bond motifs is 2. The molecular formula is C37H43N11O8S5. The van der Waals surface area contributed by atoms with Gasteiger partial charge in [-0.15, -0.1) is 0 Å². The highest BCUT2D eigenvalue weighted by molar-refractivity contribution is 7.81. The first-order valence-corrected chi connectivity index (χ1v) is 20.5. The van der Waals surface area contributed by atoms with Crippen molar-refractivity contribution in [3.05, 3.63) is 73.3 Å². The first-order chi connectivity index (χ1) is 28.7. The van der Waals surface area contributed by atoms with Crippen LogP contribution < -0.4 is 33.1 Å². The number of rotatable bonds is 7. The number of hydrogen-bond acceptors (Lipinski definition) is 14. The fourth-order valence-corrected chi connectivity index (χ4v) is 7.58. The molecular weight excluding hydrogens is 887 g/mol. The third kappa shape index (κ3) is 14.5. The predicted molar refractivity (Wildman–Crippen MR) is 248 cm³/mol. The largest absolute Gasteiger partial charge is 0.481 e. The van der Waals surface area contributed by atoms with E-state index in [1.807, 2.05) is 11.1 Å². The molecule has 2 bridgehead atoms. The zero-order valence-corrected chi connectivity index (χ0v) is 37.0. The minimum atomic E-state index is -0.953. The van der Waals surface area contributed by atoms with E-state index < -0.39 is 29.3 Å². The van der Waals surface area contributed by atoms with Gasteiger partial charge in [-0.3, -0.25) is 46.2 Å². The van der Waals surface area contributed by atoms with Gasteiger partial charge in [0, 0.05) is 54.0 Å². The van der Waals surface area contributed by atoms with Crippen molar-refractivity contribution in [2.24, 2.45) is 49.5 Å². The number of carboxylic acids is 3. The molecule has 4 aliphatic heterocycles. The SMILES string of the molecule is CC(C)(C)C1=NNC(=S)C1.O=C(O)C1C2C=CC(C2)C1C1=NNC(=S)C1.O=C(O)CCC1=NNC(=S)C1.O=C(O)c1ccccc1C1=NNC(=S)C1.O=c1[nH]c(=O)[nH]c(=S)[nH]1. The van der Waals surface area contributed by atoms with E-state index in [2.05, 4.69) is 91.1 Å².